The molecule has 3 atom stereocenters. The largest absolute Gasteiger partial charge is 0.481 e. The lowest BCUT2D eigenvalue weighted by atomic mass is 9.82. The Bertz CT molecular complexity index is 1340. The predicted octanol–water partition coefficient (Wildman–Crippen LogP) is 5.68. The van der Waals surface area contributed by atoms with E-state index < -0.39 is 53.3 Å². The Morgan fingerprint density at radius 1 is 0.941 bits per heavy atom. The number of amides is 2. The summed E-state index contributed by atoms with van der Waals surface area (Å²) in [5.41, 5.74) is 2.39. The number of carbonyl (C=O) groups excluding carboxylic acids is 5. The zero-order valence-corrected chi connectivity index (χ0v) is 31.5. The van der Waals surface area contributed by atoms with Crippen LogP contribution in [0.4, 0.5) is 0 Å². The van der Waals surface area contributed by atoms with E-state index in [1.165, 1.54) is 32.4 Å². The van der Waals surface area contributed by atoms with E-state index in [2.05, 4.69) is 24.1 Å². The van der Waals surface area contributed by atoms with Crippen LogP contribution in [0, 0.1) is 17.8 Å². The van der Waals surface area contributed by atoms with Crippen LogP contribution in [-0.2, 0) is 39.9 Å². The molecular weight excluding hydrogens is 652 g/mol. The number of unbranched alkanes of at least 4 members (excludes halogenated alkanes) is 8. The highest BCUT2D eigenvalue weighted by atomic mass is 16.6. The Morgan fingerprint density at radius 3 is 2.10 bits per heavy atom. The van der Waals surface area contributed by atoms with E-state index in [9.17, 15) is 29.1 Å². The molecule has 4 N–H and O–H groups in total. The average molecular weight is 713 g/mol. The number of methoxy groups -OCH3 is 1. The molecule has 1 aromatic rings. The van der Waals surface area contributed by atoms with Crippen molar-refractivity contribution in [3.05, 3.63) is 42.0 Å². The standard InChI is InChI=1S/C40H60N2O9/c1-7-9-11-14-17-20-31(43)21-18-15-12-13-16-19-22-33(40(48,29-35(41)44)38(47)51-39(3,4)5)36(45)42-34(37(46)49-6)28-30-23-25-32(26-24-30)50-27-10-8-2/h19,22-26,33-34,48H,7,9,11-18,20-21,27-29H2,1-6H3,(H2,41,44)(H,42,45)/b22-19+/t33-,34+,40+/m1/s1. The van der Waals surface area contributed by atoms with Crippen LogP contribution in [0.15, 0.2) is 36.4 Å². The van der Waals surface area contributed by atoms with Gasteiger partial charge in [0.25, 0.3) is 0 Å². The lowest BCUT2D eigenvalue weighted by molar-refractivity contribution is -0.185. The number of esters is 2. The van der Waals surface area contributed by atoms with Crippen molar-refractivity contribution in [3.8, 4) is 17.6 Å². The quantitative estimate of drug-likeness (QED) is 0.0499. The van der Waals surface area contributed by atoms with Crippen molar-refractivity contribution in [1.82, 2.24) is 5.32 Å². The fraction of sp³-hybridized carbons (Fsp3) is 0.625. The van der Waals surface area contributed by atoms with E-state index in [0.717, 1.165) is 38.5 Å². The molecule has 0 bridgehead atoms. The zero-order valence-electron chi connectivity index (χ0n) is 31.5. The Morgan fingerprint density at radius 2 is 1.55 bits per heavy atom. The molecule has 0 heterocycles. The average Bonchev–Trinajstić information content (AvgIpc) is 3.06. The van der Waals surface area contributed by atoms with Crippen LogP contribution in [0.25, 0.3) is 0 Å². The van der Waals surface area contributed by atoms with Gasteiger partial charge in [-0.05, 0) is 71.1 Å². The molecule has 0 unspecified atom stereocenters. The van der Waals surface area contributed by atoms with Gasteiger partial charge < -0.3 is 30.4 Å². The second-order valence-electron chi connectivity index (χ2n) is 13.8. The summed E-state index contributed by atoms with van der Waals surface area (Å²) in [6.45, 7) is 8.85. The first-order valence-electron chi connectivity index (χ1n) is 18.1. The third-order valence-electron chi connectivity index (χ3n) is 8.11. The normalized spacial score (nSPS) is 13.6. The maximum absolute atomic E-state index is 13.9. The van der Waals surface area contributed by atoms with E-state index >= 15 is 0 Å². The number of ether oxygens (including phenoxy) is 3. The topological polar surface area (TPSA) is 171 Å². The lowest BCUT2D eigenvalue weighted by Crippen LogP contribution is -2.57. The van der Waals surface area contributed by atoms with Crippen LogP contribution in [0.1, 0.15) is 124 Å². The van der Waals surface area contributed by atoms with Crippen LogP contribution < -0.4 is 15.8 Å². The van der Waals surface area contributed by atoms with Crippen molar-refractivity contribution in [3.63, 3.8) is 0 Å². The molecule has 0 aliphatic heterocycles. The number of aliphatic hydroxyl groups is 1. The molecule has 11 nitrogen and oxygen atoms in total. The van der Waals surface area contributed by atoms with Gasteiger partial charge in [0.15, 0.2) is 5.60 Å². The molecular formula is C40H60N2O9. The van der Waals surface area contributed by atoms with Gasteiger partial charge in [-0.2, -0.15) is 0 Å². The summed E-state index contributed by atoms with van der Waals surface area (Å²) in [6.07, 6.45) is 12.6. The number of allylic oxidation sites excluding steroid dienone is 1. The number of ketones is 1. The SMILES string of the molecule is CC#CCOc1ccc(C[C@H](NC(=O)[C@@H](/C=C/CCCCCCC(=O)CCCCCCC)[C@@](O)(CC(N)=O)C(=O)OC(C)(C)C)C(=O)OC)cc1. The Hall–Kier alpha value is -4.17. The van der Waals surface area contributed by atoms with Crippen molar-refractivity contribution in [1.29, 1.82) is 0 Å². The van der Waals surface area contributed by atoms with Crippen LogP contribution in [0.3, 0.4) is 0 Å². The van der Waals surface area contributed by atoms with Gasteiger partial charge in [-0.3, -0.25) is 14.4 Å². The first kappa shape index (κ1) is 44.9. The number of benzene rings is 1. The minimum Gasteiger partial charge on any atom is -0.481 e. The van der Waals surface area contributed by atoms with Gasteiger partial charge in [0.05, 0.1) is 19.4 Å². The van der Waals surface area contributed by atoms with Crippen molar-refractivity contribution in [2.24, 2.45) is 11.7 Å². The molecule has 284 valence electrons. The fourth-order valence-corrected chi connectivity index (χ4v) is 5.37. The van der Waals surface area contributed by atoms with Gasteiger partial charge in [0.1, 0.15) is 29.8 Å². The predicted molar refractivity (Wildman–Crippen MR) is 196 cm³/mol. The smallest absolute Gasteiger partial charge is 0.340 e. The number of hydrogen-bond acceptors (Lipinski definition) is 9. The van der Waals surface area contributed by atoms with Crippen LogP contribution >= 0.6 is 0 Å². The number of nitrogens with two attached hydrogens (primary N) is 1. The van der Waals surface area contributed by atoms with Crippen LogP contribution in [0.5, 0.6) is 5.75 Å². The number of nitrogens with one attached hydrogen (secondary N) is 1. The van der Waals surface area contributed by atoms with Crippen molar-refractivity contribution >= 4 is 29.5 Å². The molecule has 0 aliphatic carbocycles. The summed E-state index contributed by atoms with van der Waals surface area (Å²) in [5.74, 6) is 0.892. The van der Waals surface area contributed by atoms with E-state index in [4.69, 9.17) is 19.9 Å². The molecule has 2 amide bonds. The number of hydrogen-bond donors (Lipinski definition) is 3. The summed E-state index contributed by atoms with van der Waals surface area (Å²) < 4.78 is 15.9. The molecule has 11 heteroatoms. The summed E-state index contributed by atoms with van der Waals surface area (Å²) in [5, 5.41) is 14.3. The van der Waals surface area contributed by atoms with E-state index in [0.29, 0.717) is 36.4 Å². The zero-order chi connectivity index (χ0) is 38.3. The minimum absolute atomic E-state index is 0.0198. The maximum atomic E-state index is 13.9. The van der Waals surface area contributed by atoms with Crippen LogP contribution in [-0.4, -0.2) is 65.6 Å². The summed E-state index contributed by atoms with van der Waals surface area (Å²) >= 11 is 0. The minimum atomic E-state index is -2.67. The molecule has 0 aromatic heterocycles. The van der Waals surface area contributed by atoms with Gasteiger partial charge in [0, 0.05) is 19.3 Å². The molecule has 0 radical (unpaired) electrons. The number of primary amides is 1. The molecule has 0 fully saturated rings. The molecule has 0 saturated heterocycles. The molecule has 0 saturated carbocycles. The summed E-state index contributed by atoms with van der Waals surface area (Å²) in [6, 6.07) is 5.66. The molecule has 1 rings (SSSR count). The first-order valence-corrected chi connectivity index (χ1v) is 18.1. The van der Waals surface area contributed by atoms with Crippen molar-refractivity contribution < 1.29 is 43.3 Å². The van der Waals surface area contributed by atoms with Gasteiger partial charge in [0.2, 0.25) is 11.8 Å². The van der Waals surface area contributed by atoms with E-state index in [-0.39, 0.29) is 13.0 Å². The Kier molecular flexibility index (Phi) is 21.2. The number of carbonyl (C=O) groups is 5. The van der Waals surface area contributed by atoms with Gasteiger partial charge in [-0.25, -0.2) is 9.59 Å². The van der Waals surface area contributed by atoms with E-state index in [1.807, 2.05) is 0 Å². The third kappa shape index (κ3) is 18.6. The Labute approximate surface area is 304 Å². The highest BCUT2D eigenvalue weighted by Crippen LogP contribution is 2.29. The number of rotatable bonds is 25. The summed E-state index contributed by atoms with van der Waals surface area (Å²) in [7, 11) is 1.18. The van der Waals surface area contributed by atoms with Crippen molar-refractivity contribution in [2.45, 2.75) is 142 Å². The third-order valence-corrected chi connectivity index (χ3v) is 8.11. The molecule has 51 heavy (non-hydrogen) atoms. The monoisotopic (exact) mass is 712 g/mol. The van der Waals surface area contributed by atoms with Gasteiger partial charge >= 0.3 is 11.9 Å². The molecule has 0 spiro atoms. The Balaban J connectivity index is 3.10. The van der Waals surface area contributed by atoms with Gasteiger partial charge in [-0.15, -0.1) is 5.92 Å². The maximum Gasteiger partial charge on any atom is 0.340 e. The number of Topliss-reactive ketones (excluding diaryl/α,β-unsaturated/α-hetero) is 1. The second kappa shape index (κ2) is 24.1. The highest BCUT2D eigenvalue weighted by molar-refractivity contribution is 5.96. The lowest BCUT2D eigenvalue weighted by Gasteiger charge is -2.34. The van der Waals surface area contributed by atoms with Crippen LogP contribution in [0.2, 0.25) is 0 Å². The second-order valence-corrected chi connectivity index (χ2v) is 13.8. The van der Waals surface area contributed by atoms with Crippen molar-refractivity contribution in [2.75, 3.05) is 13.7 Å². The first-order chi connectivity index (χ1) is 24.2. The fourth-order valence-electron chi connectivity index (χ4n) is 5.37. The van der Waals surface area contributed by atoms with Gasteiger partial charge in [-0.1, -0.05) is 75.7 Å². The van der Waals surface area contributed by atoms with E-state index in [1.54, 1.807) is 58.0 Å². The molecule has 0 aliphatic rings. The summed E-state index contributed by atoms with van der Waals surface area (Å²) in [4.78, 5) is 64.5. The molecule has 1 aromatic carbocycles. The highest BCUT2D eigenvalue weighted by Gasteiger charge is 2.50.